The molecule has 26 heavy (non-hydrogen) atoms. The number of alkyl halides is 3. The Balaban J connectivity index is 0.00000243. The lowest BCUT2D eigenvalue weighted by atomic mass is 10.0. The predicted octanol–water partition coefficient (Wildman–Crippen LogP) is 4.25. The van der Waals surface area contributed by atoms with Gasteiger partial charge in [0.25, 0.3) is 0 Å². The SMILES string of the molecule is I.NC(=NCc1cccc(C(F)(F)F)c1)NC1CCOc2ccccc21. The van der Waals surface area contributed by atoms with Crippen molar-refractivity contribution < 1.29 is 17.9 Å². The van der Waals surface area contributed by atoms with Gasteiger partial charge in [-0.25, -0.2) is 4.99 Å². The summed E-state index contributed by atoms with van der Waals surface area (Å²) >= 11 is 0. The first-order chi connectivity index (χ1) is 11.9. The topological polar surface area (TPSA) is 59.6 Å². The van der Waals surface area contributed by atoms with Gasteiger partial charge >= 0.3 is 6.18 Å². The van der Waals surface area contributed by atoms with Crippen LogP contribution in [0.4, 0.5) is 13.2 Å². The second-order valence-electron chi connectivity index (χ2n) is 5.77. The lowest BCUT2D eigenvalue weighted by Crippen LogP contribution is -2.37. The first kappa shape index (κ1) is 20.3. The Kier molecular flexibility index (Phi) is 6.74. The summed E-state index contributed by atoms with van der Waals surface area (Å²) < 4.78 is 43.8. The lowest BCUT2D eigenvalue weighted by molar-refractivity contribution is -0.137. The molecule has 8 heteroatoms. The third-order valence-corrected chi connectivity index (χ3v) is 3.97. The van der Waals surface area contributed by atoms with E-state index in [1.54, 1.807) is 6.07 Å². The molecule has 1 atom stereocenters. The molecule has 4 nitrogen and oxygen atoms in total. The summed E-state index contributed by atoms with van der Waals surface area (Å²) in [5.74, 6) is 0.996. The number of hydrogen-bond donors (Lipinski definition) is 2. The van der Waals surface area contributed by atoms with Gasteiger partial charge in [0.1, 0.15) is 5.75 Å². The Hall–Kier alpha value is -1.97. The molecule has 2 aromatic rings. The molecule has 0 amide bonds. The van der Waals surface area contributed by atoms with Crippen LogP contribution in [0.25, 0.3) is 0 Å². The summed E-state index contributed by atoms with van der Waals surface area (Å²) in [5, 5.41) is 3.12. The molecule has 140 valence electrons. The standard InChI is InChI=1S/C18H18F3N3O.HI/c19-18(20,21)13-5-3-4-12(10-13)11-23-17(22)24-15-8-9-25-16-7-2-1-6-14(15)16;/h1-7,10,15H,8-9,11H2,(H3,22,23,24);1H. The molecule has 1 aliphatic rings. The number of nitrogens with zero attached hydrogens (tertiary/aromatic N) is 1. The number of guanidine groups is 1. The maximum atomic E-state index is 12.7. The Morgan fingerprint density at radius 1 is 1.19 bits per heavy atom. The normalized spacial score (nSPS) is 16.9. The zero-order valence-electron chi connectivity index (χ0n) is 13.8. The van der Waals surface area contributed by atoms with Crippen LogP contribution in [0.15, 0.2) is 53.5 Å². The summed E-state index contributed by atoms with van der Waals surface area (Å²) in [7, 11) is 0. The maximum Gasteiger partial charge on any atom is 0.416 e. The van der Waals surface area contributed by atoms with E-state index >= 15 is 0 Å². The van der Waals surface area contributed by atoms with E-state index in [9.17, 15) is 13.2 Å². The van der Waals surface area contributed by atoms with Crippen molar-refractivity contribution in [2.45, 2.75) is 25.2 Å². The fraction of sp³-hybridized carbons (Fsp3) is 0.278. The van der Waals surface area contributed by atoms with E-state index in [2.05, 4.69) is 10.3 Å². The summed E-state index contributed by atoms with van der Waals surface area (Å²) in [5.41, 5.74) is 6.66. The Labute approximate surface area is 166 Å². The molecular weight excluding hydrogens is 458 g/mol. The van der Waals surface area contributed by atoms with Gasteiger partial charge in [0.15, 0.2) is 5.96 Å². The van der Waals surface area contributed by atoms with E-state index in [-0.39, 0.29) is 42.5 Å². The Morgan fingerprint density at radius 3 is 2.73 bits per heavy atom. The van der Waals surface area contributed by atoms with E-state index in [1.165, 1.54) is 6.07 Å². The van der Waals surface area contributed by atoms with Gasteiger partial charge < -0.3 is 15.8 Å². The van der Waals surface area contributed by atoms with E-state index < -0.39 is 11.7 Å². The molecule has 0 saturated heterocycles. The number of nitrogens with one attached hydrogen (secondary N) is 1. The molecule has 0 saturated carbocycles. The van der Waals surface area contributed by atoms with Crippen molar-refractivity contribution in [3.8, 4) is 5.75 Å². The molecule has 1 aliphatic heterocycles. The number of ether oxygens (including phenoxy) is 1. The van der Waals surface area contributed by atoms with E-state index in [4.69, 9.17) is 10.5 Å². The monoisotopic (exact) mass is 477 g/mol. The lowest BCUT2D eigenvalue weighted by Gasteiger charge is -2.26. The van der Waals surface area contributed by atoms with Gasteiger partial charge in [-0.1, -0.05) is 30.3 Å². The zero-order chi connectivity index (χ0) is 17.9. The second kappa shape index (κ2) is 8.61. The molecule has 0 radical (unpaired) electrons. The van der Waals surface area contributed by atoms with E-state index in [0.29, 0.717) is 12.2 Å². The van der Waals surface area contributed by atoms with Crippen LogP contribution in [0.2, 0.25) is 0 Å². The fourth-order valence-electron chi connectivity index (χ4n) is 2.74. The average Bonchev–Trinajstić information content (AvgIpc) is 2.60. The highest BCUT2D eigenvalue weighted by molar-refractivity contribution is 14.0. The molecular formula is C18H19F3IN3O. The minimum absolute atomic E-state index is 0. The predicted molar refractivity (Wildman–Crippen MR) is 105 cm³/mol. The quantitative estimate of drug-likeness (QED) is 0.395. The molecule has 3 rings (SSSR count). The number of halogens is 4. The van der Waals surface area contributed by atoms with Crippen LogP contribution in [0.3, 0.4) is 0 Å². The van der Waals surface area contributed by atoms with E-state index in [0.717, 1.165) is 29.9 Å². The number of nitrogens with two attached hydrogens (primary N) is 1. The number of aliphatic imine (C=N–C) groups is 1. The van der Waals surface area contributed by atoms with Crippen molar-refractivity contribution in [3.05, 3.63) is 65.2 Å². The smallest absolute Gasteiger partial charge is 0.416 e. The summed E-state index contributed by atoms with van der Waals surface area (Å²) in [6.45, 7) is 0.642. The van der Waals surface area contributed by atoms with Gasteiger partial charge in [-0.05, 0) is 23.8 Å². The van der Waals surface area contributed by atoms with Crippen molar-refractivity contribution >= 4 is 29.9 Å². The largest absolute Gasteiger partial charge is 0.493 e. The molecule has 0 aromatic heterocycles. The fourth-order valence-corrected chi connectivity index (χ4v) is 2.74. The first-order valence-electron chi connectivity index (χ1n) is 7.88. The number of benzene rings is 2. The third-order valence-electron chi connectivity index (χ3n) is 3.97. The Bertz CT molecular complexity index is 780. The highest BCUT2D eigenvalue weighted by Gasteiger charge is 2.30. The van der Waals surface area contributed by atoms with Crippen LogP contribution in [0.5, 0.6) is 5.75 Å². The van der Waals surface area contributed by atoms with Gasteiger partial charge in [-0.15, -0.1) is 24.0 Å². The van der Waals surface area contributed by atoms with Crippen LogP contribution in [0, 0.1) is 0 Å². The molecule has 0 fully saturated rings. The van der Waals surface area contributed by atoms with Gasteiger partial charge in [0, 0.05) is 12.0 Å². The molecule has 0 bridgehead atoms. The van der Waals surface area contributed by atoms with Crippen LogP contribution >= 0.6 is 24.0 Å². The highest BCUT2D eigenvalue weighted by Crippen LogP contribution is 2.31. The van der Waals surface area contributed by atoms with Gasteiger partial charge in [-0.2, -0.15) is 13.2 Å². The molecule has 1 heterocycles. The van der Waals surface area contributed by atoms with Crippen LogP contribution in [-0.2, 0) is 12.7 Å². The molecule has 3 N–H and O–H groups in total. The minimum Gasteiger partial charge on any atom is -0.493 e. The third kappa shape index (κ3) is 5.03. The Morgan fingerprint density at radius 2 is 1.96 bits per heavy atom. The van der Waals surface area contributed by atoms with Crippen molar-refractivity contribution in [3.63, 3.8) is 0 Å². The summed E-state index contributed by atoms with van der Waals surface area (Å²) in [6.07, 6.45) is -3.63. The zero-order valence-corrected chi connectivity index (χ0v) is 16.1. The number of rotatable bonds is 3. The van der Waals surface area contributed by atoms with Crippen molar-refractivity contribution in [1.29, 1.82) is 0 Å². The van der Waals surface area contributed by atoms with Crippen LogP contribution in [-0.4, -0.2) is 12.6 Å². The maximum absolute atomic E-state index is 12.7. The van der Waals surface area contributed by atoms with Crippen molar-refractivity contribution in [1.82, 2.24) is 5.32 Å². The number of hydrogen-bond acceptors (Lipinski definition) is 2. The molecule has 0 spiro atoms. The number of fused-ring (bicyclic) bond motifs is 1. The minimum atomic E-state index is -4.37. The summed E-state index contributed by atoms with van der Waals surface area (Å²) in [6, 6.07) is 12.7. The molecule has 1 unspecified atom stereocenters. The van der Waals surface area contributed by atoms with Gasteiger partial charge in [-0.3, -0.25) is 0 Å². The van der Waals surface area contributed by atoms with Crippen LogP contribution in [0.1, 0.15) is 29.2 Å². The summed E-state index contributed by atoms with van der Waals surface area (Å²) in [4.78, 5) is 4.16. The average molecular weight is 477 g/mol. The molecule has 0 aliphatic carbocycles. The second-order valence-corrected chi connectivity index (χ2v) is 5.77. The number of para-hydroxylation sites is 1. The van der Waals surface area contributed by atoms with E-state index in [1.807, 2.05) is 24.3 Å². The van der Waals surface area contributed by atoms with Gasteiger partial charge in [0.05, 0.1) is 24.8 Å². The highest BCUT2D eigenvalue weighted by atomic mass is 127. The first-order valence-corrected chi connectivity index (χ1v) is 7.88. The molecule has 2 aromatic carbocycles. The van der Waals surface area contributed by atoms with Crippen molar-refractivity contribution in [2.24, 2.45) is 10.7 Å². The van der Waals surface area contributed by atoms with Crippen molar-refractivity contribution in [2.75, 3.05) is 6.61 Å². The van der Waals surface area contributed by atoms with Crippen LogP contribution < -0.4 is 15.8 Å². The van der Waals surface area contributed by atoms with Gasteiger partial charge in [0.2, 0.25) is 0 Å².